The first kappa shape index (κ1) is 13.8. The van der Waals surface area contributed by atoms with Crippen LogP contribution >= 0.6 is 0 Å². The fourth-order valence-corrected chi connectivity index (χ4v) is 1.81. The largest absolute Gasteiger partial charge is 0.344 e. The number of hydrogen-bond donors (Lipinski definition) is 2. The average molecular weight is 268 g/mol. The summed E-state index contributed by atoms with van der Waals surface area (Å²) in [7, 11) is 0. The van der Waals surface area contributed by atoms with Crippen LogP contribution in [0.1, 0.15) is 23.0 Å². The molecule has 2 aromatic rings. The van der Waals surface area contributed by atoms with Gasteiger partial charge in [0.15, 0.2) is 0 Å². The Morgan fingerprint density at radius 2 is 2.35 bits per heavy atom. The number of nitrogens with two attached hydrogens (primary N) is 1. The molecule has 102 valence electrons. The van der Waals surface area contributed by atoms with Gasteiger partial charge in [-0.1, -0.05) is 11.8 Å². The summed E-state index contributed by atoms with van der Waals surface area (Å²) in [6.07, 6.45) is 3.47. The Balaban J connectivity index is 2.16. The molecule has 2 rings (SSSR count). The SMILES string of the molecule is CCn1cccc1C(=O)Nc1cc(C#CCN)ccn1. The highest BCUT2D eigenvalue weighted by atomic mass is 16.2. The number of nitrogens with one attached hydrogen (secondary N) is 1. The number of aromatic nitrogens is 2. The maximum Gasteiger partial charge on any atom is 0.273 e. The van der Waals surface area contributed by atoms with Crippen LogP contribution in [0.15, 0.2) is 36.7 Å². The number of carbonyl (C=O) groups is 1. The first-order valence-corrected chi connectivity index (χ1v) is 6.36. The Labute approximate surface area is 117 Å². The first-order valence-electron chi connectivity index (χ1n) is 6.36. The monoisotopic (exact) mass is 268 g/mol. The number of anilines is 1. The topological polar surface area (TPSA) is 72.9 Å². The van der Waals surface area contributed by atoms with E-state index in [2.05, 4.69) is 22.1 Å². The molecule has 0 aliphatic heterocycles. The molecule has 1 amide bonds. The second-order valence-corrected chi connectivity index (χ2v) is 4.07. The van der Waals surface area contributed by atoms with Crippen LogP contribution in [0.5, 0.6) is 0 Å². The molecule has 0 aliphatic carbocycles. The summed E-state index contributed by atoms with van der Waals surface area (Å²) >= 11 is 0. The van der Waals surface area contributed by atoms with Gasteiger partial charge in [-0.3, -0.25) is 4.79 Å². The van der Waals surface area contributed by atoms with E-state index in [1.807, 2.05) is 23.8 Å². The molecule has 5 nitrogen and oxygen atoms in total. The van der Waals surface area contributed by atoms with E-state index in [-0.39, 0.29) is 5.91 Å². The maximum atomic E-state index is 12.2. The summed E-state index contributed by atoms with van der Waals surface area (Å²) in [5.41, 5.74) is 6.70. The third-order valence-electron chi connectivity index (χ3n) is 2.74. The summed E-state index contributed by atoms with van der Waals surface area (Å²) in [6.45, 7) is 3.03. The van der Waals surface area contributed by atoms with Crippen molar-refractivity contribution in [3.8, 4) is 11.8 Å². The lowest BCUT2D eigenvalue weighted by Crippen LogP contribution is -2.17. The average Bonchev–Trinajstić information content (AvgIpc) is 2.94. The number of amides is 1. The summed E-state index contributed by atoms with van der Waals surface area (Å²) in [6, 6.07) is 7.11. The molecule has 0 aliphatic rings. The van der Waals surface area contributed by atoms with E-state index >= 15 is 0 Å². The number of rotatable bonds is 3. The minimum atomic E-state index is -0.187. The predicted octanol–water partition coefficient (Wildman–Crippen LogP) is 1.47. The van der Waals surface area contributed by atoms with Gasteiger partial charge < -0.3 is 15.6 Å². The van der Waals surface area contributed by atoms with Crippen LogP contribution in [0.25, 0.3) is 0 Å². The van der Waals surface area contributed by atoms with Crippen molar-refractivity contribution in [2.45, 2.75) is 13.5 Å². The van der Waals surface area contributed by atoms with Crippen molar-refractivity contribution in [1.29, 1.82) is 0 Å². The van der Waals surface area contributed by atoms with Crippen LogP contribution in [0.3, 0.4) is 0 Å². The Bertz CT molecular complexity index is 664. The fourth-order valence-electron chi connectivity index (χ4n) is 1.81. The first-order chi connectivity index (χ1) is 9.74. The zero-order chi connectivity index (χ0) is 14.4. The molecule has 0 aromatic carbocycles. The second-order valence-electron chi connectivity index (χ2n) is 4.07. The summed E-state index contributed by atoms with van der Waals surface area (Å²) in [4.78, 5) is 16.3. The van der Waals surface area contributed by atoms with E-state index in [0.29, 0.717) is 18.1 Å². The van der Waals surface area contributed by atoms with Gasteiger partial charge in [0.2, 0.25) is 0 Å². The Hall–Kier alpha value is -2.58. The van der Waals surface area contributed by atoms with Crippen molar-refractivity contribution in [2.24, 2.45) is 5.73 Å². The third kappa shape index (κ3) is 3.25. The van der Waals surface area contributed by atoms with Crippen molar-refractivity contribution in [3.05, 3.63) is 47.9 Å². The van der Waals surface area contributed by atoms with Gasteiger partial charge in [0.25, 0.3) is 5.91 Å². The van der Waals surface area contributed by atoms with E-state index in [1.54, 1.807) is 24.4 Å². The van der Waals surface area contributed by atoms with Crippen molar-refractivity contribution in [3.63, 3.8) is 0 Å². The molecule has 20 heavy (non-hydrogen) atoms. The van der Waals surface area contributed by atoms with Gasteiger partial charge in [0.05, 0.1) is 6.54 Å². The zero-order valence-corrected chi connectivity index (χ0v) is 11.3. The fraction of sp³-hybridized carbons (Fsp3) is 0.200. The molecule has 0 spiro atoms. The molecule has 5 heteroatoms. The third-order valence-corrected chi connectivity index (χ3v) is 2.74. The molecule has 0 atom stereocenters. The highest BCUT2D eigenvalue weighted by molar-refractivity contribution is 6.02. The number of carbonyl (C=O) groups excluding carboxylic acids is 1. The lowest BCUT2D eigenvalue weighted by molar-refractivity contribution is 0.101. The van der Waals surface area contributed by atoms with E-state index in [1.165, 1.54) is 0 Å². The van der Waals surface area contributed by atoms with Crippen LogP contribution in [0, 0.1) is 11.8 Å². The van der Waals surface area contributed by atoms with Crippen LogP contribution < -0.4 is 11.1 Å². The van der Waals surface area contributed by atoms with Crippen molar-refractivity contribution in [1.82, 2.24) is 9.55 Å². The maximum absolute atomic E-state index is 12.2. The highest BCUT2D eigenvalue weighted by Crippen LogP contribution is 2.09. The minimum Gasteiger partial charge on any atom is -0.344 e. The molecule has 0 saturated carbocycles. The lowest BCUT2D eigenvalue weighted by atomic mass is 10.2. The smallest absolute Gasteiger partial charge is 0.273 e. The minimum absolute atomic E-state index is 0.187. The molecule has 0 unspecified atom stereocenters. The van der Waals surface area contributed by atoms with Gasteiger partial charge in [0, 0.05) is 24.5 Å². The Morgan fingerprint density at radius 1 is 1.50 bits per heavy atom. The summed E-state index contributed by atoms with van der Waals surface area (Å²) < 4.78 is 1.87. The highest BCUT2D eigenvalue weighted by Gasteiger charge is 2.10. The van der Waals surface area contributed by atoms with E-state index < -0.39 is 0 Å². The summed E-state index contributed by atoms with van der Waals surface area (Å²) in [5.74, 6) is 5.96. The molecule has 0 radical (unpaired) electrons. The molecular formula is C15H16N4O. The van der Waals surface area contributed by atoms with Gasteiger partial charge in [-0.2, -0.15) is 0 Å². The van der Waals surface area contributed by atoms with Gasteiger partial charge in [-0.25, -0.2) is 4.98 Å². The van der Waals surface area contributed by atoms with Crippen LogP contribution in [0.2, 0.25) is 0 Å². The van der Waals surface area contributed by atoms with Gasteiger partial charge in [-0.05, 0) is 31.2 Å². The van der Waals surface area contributed by atoms with Gasteiger partial charge >= 0.3 is 0 Å². The zero-order valence-electron chi connectivity index (χ0n) is 11.3. The number of hydrogen-bond acceptors (Lipinski definition) is 3. The number of nitrogens with zero attached hydrogens (tertiary/aromatic N) is 2. The molecule has 0 fully saturated rings. The van der Waals surface area contributed by atoms with Crippen LogP contribution in [-0.2, 0) is 6.54 Å². The number of pyridine rings is 1. The van der Waals surface area contributed by atoms with Crippen molar-refractivity contribution < 1.29 is 4.79 Å². The normalized spacial score (nSPS) is 9.70. The number of aryl methyl sites for hydroxylation is 1. The Kier molecular flexibility index (Phi) is 4.53. The molecule has 2 aromatic heterocycles. The van der Waals surface area contributed by atoms with Crippen LogP contribution in [-0.4, -0.2) is 22.0 Å². The molecular weight excluding hydrogens is 252 g/mol. The van der Waals surface area contributed by atoms with Crippen LogP contribution in [0.4, 0.5) is 5.82 Å². The molecule has 0 saturated heterocycles. The van der Waals surface area contributed by atoms with E-state index in [0.717, 1.165) is 12.1 Å². The Morgan fingerprint density at radius 3 is 3.10 bits per heavy atom. The predicted molar refractivity (Wildman–Crippen MR) is 78.2 cm³/mol. The standard InChI is InChI=1S/C15H16N4O/c1-2-19-10-4-6-13(19)15(20)18-14-11-12(5-3-8-16)7-9-17-14/h4,6-7,9-11H,2,8,16H2,1H3,(H,17,18,20). The van der Waals surface area contributed by atoms with E-state index in [9.17, 15) is 4.79 Å². The van der Waals surface area contributed by atoms with Gasteiger partial charge in [-0.15, -0.1) is 0 Å². The molecule has 0 bridgehead atoms. The quantitative estimate of drug-likeness (QED) is 0.828. The lowest BCUT2D eigenvalue weighted by Gasteiger charge is -2.07. The van der Waals surface area contributed by atoms with Crippen molar-refractivity contribution in [2.75, 3.05) is 11.9 Å². The summed E-state index contributed by atoms with van der Waals surface area (Å²) in [5, 5.41) is 2.77. The second kappa shape index (κ2) is 6.55. The van der Waals surface area contributed by atoms with Gasteiger partial charge in [0.1, 0.15) is 11.5 Å². The molecule has 2 heterocycles. The van der Waals surface area contributed by atoms with E-state index in [4.69, 9.17) is 5.73 Å². The molecule has 3 N–H and O–H groups in total. The van der Waals surface area contributed by atoms with Crippen molar-refractivity contribution >= 4 is 11.7 Å².